The van der Waals surface area contributed by atoms with Crippen LogP contribution in [-0.2, 0) is 33.6 Å². The molecule has 0 aliphatic heterocycles. The Bertz CT molecular complexity index is 899. The van der Waals surface area contributed by atoms with Gasteiger partial charge in [0.2, 0.25) is 0 Å². The van der Waals surface area contributed by atoms with Crippen molar-refractivity contribution in [2.75, 3.05) is 11.9 Å². The normalized spacial score (nSPS) is 15.5. The first kappa shape index (κ1) is 19.6. The zero-order valence-electron chi connectivity index (χ0n) is 14.9. The van der Waals surface area contributed by atoms with Gasteiger partial charge in [0.05, 0.1) is 12.0 Å². The van der Waals surface area contributed by atoms with E-state index in [0.717, 1.165) is 34.9 Å². The molecule has 0 fully saturated rings. The number of nitrogens with zero attached hydrogens (tertiary/aromatic N) is 1. The molecule has 1 amide bonds. The molecule has 1 aromatic heterocycles. The second-order valence-corrected chi connectivity index (χ2v) is 8.70. The molecule has 1 aliphatic rings. The van der Waals surface area contributed by atoms with Gasteiger partial charge in [0.1, 0.15) is 11.1 Å². The number of hydrogen-bond donors (Lipinski definition) is 1. The second kappa shape index (κ2) is 8.68. The van der Waals surface area contributed by atoms with Crippen LogP contribution in [0, 0.1) is 17.2 Å². The predicted octanol–water partition coefficient (Wildman–Crippen LogP) is 4.23. The van der Waals surface area contributed by atoms with Gasteiger partial charge in [-0.15, -0.1) is 11.3 Å². The Morgan fingerprint density at radius 2 is 2.11 bits per heavy atom. The van der Waals surface area contributed by atoms with Crippen molar-refractivity contribution in [2.24, 2.45) is 5.92 Å². The van der Waals surface area contributed by atoms with Crippen LogP contribution in [0.15, 0.2) is 28.7 Å². The molecular formula is C20H19BrN2O3S. The maximum atomic E-state index is 12.2. The number of carbonyl (C=O) groups is 2. The SMILES string of the molecule is C[C@H]1CCc2c(sc(NC(=O)COC(=O)Cc3ccc(Br)cc3)c2C#N)C1. The highest BCUT2D eigenvalue weighted by Crippen LogP contribution is 2.39. The van der Waals surface area contributed by atoms with Crippen molar-refractivity contribution in [1.82, 2.24) is 0 Å². The molecule has 27 heavy (non-hydrogen) atoms. The molecule has 1 aromatic carbocycles. The summed E-state index contributed by atoms with van der Waals surface area (Å²) in [4.78, 5) is 25.2. The van der Waals surface area contributed by atoms with Gasteiger partial charge in [0, 0.05) is 9.35 Å². The van der Waals surface area contributed by atoms with Crippen molar-refractivity contribution in [3.05, 3.63) is 50.3 Å². The minimum absolute atomic E-state index is 0.106. The van der Waals surface area contributed by atoms with Gasteiger partial charge in [0.25, 0.3) is 5.91 Å². The van der Waals surface area contributed by atoms with E-state index in [2.05, 4.69) is 34.2 Å². The van der Waals surface area contributed by atoms with Crippen LogP contribution < -0.4 is 5.32 Å². The lowest BCUT2D eigenvalue weighted by atomic mass is 9.89. The topological polar surface area (TPSA) is 79.2 Å². The molecule has 1 atom stereocenters. The number of amides is 1. The number of esters is 1. The average molecular weight is 447 g/mol. The number of hydrogen-bond acceptors (Lipinski definition) is 5. The summed E-state index contributed by atoms with van der Waals surface area (Å²) in [5.74, 6) is -0.305. The summed E-state index contributed by atoms with van der Waals surface area (Å²) < 4.78 is 5.99. The van der Waals surface area contributed by atoms with E-state index in [4.69, 9.17) is 4.74 Å². The molecule has 0 bridgehead atoms. The molecule has 0 unspecified atom stereocenters. The quantitative estimate of drug-likeness (QED) is 0.696. The Kier molecular flexibility index (Phi) is 6.30. The molecule has 2 aromatic rings. The number of ether oxygens (including phenoxy) is 1. The Morgan fingerprint density at radius 3 is 2.81 bits per heavy atom. The summed E-state index contributed by atoms with van der Waals surface area (Å²) in [5.41, 5.74) is 2.43. The molecule has 1 heterocycles. The van der Waals surface area contributed by atoms with Gasteiger partial charge in [-0.25, -0.2) is 0 Å². The van der Waals surface area contributed by atoms with Crippen molar-refractivity contribution in [3.8, 4) is 6.07 Å². The molecule has 1 N–H and O–H groups in total. The van der Waals surface area contributed by atoms with E-state index in [9.17, 15) is 14.9 Å². The number of thiophene rings is 1. The minimum atomic E-state index is -0.465. The van der Waals surface area contributed by atoms with Gasteiger partial charge in [-0.1, -0.05) is 35.0 Å². The average Bonchev–Trinajstić information content (AvgIpc) is 2.97. The van der Waals surface area contributed by atoms with E-state index >= 15 is 0 Å². The smallest absolute Gasteiger partial charge is 0.310 e. The predicted molar refractivity (Wildman–Crippen MR) is 108 cm³/mol. The standard InChI is InChI=1S/C20H19BrN2O3S/c1-12-2-7-15-16(10-22)20(27-17(15)8-12)23-18(24)11-26-19(25)9-13-3-5-14(21)6-4-13/h3-6,12H,2,7-9,11H2,1H3,(H,23,24)/t12-/m0/s1. The van der Waals surface area contributed by atoms with E-state index in [-0.39, 0.29) is 13.0 Å². The van der Waals surface area contributed by atoms with Gasteiger partial charge >= 0.3 is 5.97 Å². The van der Waals surface area contributed by atoms with Gasteiger partial charge in [0.15, 0.2) is 6.61 Å². The van der Waals surface area contributed by atoms with Crippen LogP contribution >= 0.6 is 27.3 Å². The van der Waals surface area contributed by atoms with Crippen LogP contribution in [0.4, 0.5) is 5.00 Å². The van der Waals surface area contributed by atoms with Crippen molar-refractivity contribution in [2.45, 2.75) is 32.6 Å². The van der Waals surface area contributed by atoms with Crippen molar-refractivity contribution in [3.63, 3.8) is 0 Å². The first-order valence-electron chi connectivity index (χ1n) is 8.70. The number of nitriles is 1. The lowest BCUT2D eigenvalue weighted by molar-refractivity contribution is -0.146. The van der Waals surface area contributed by atoms with Crippen LogP contribution in [0.1, 0.15) is 34.9 Å². The summed E-state index contributed by atoms with van der Waals surface area (Å²) in [5, 5.41) is 12.8. The molecular weight excluding hydrogens is 428 g/mol. The van der Waals surface area contributed by atoms with Crippen molar-refractivity contribution < 1.29 is 14.3 Å². The third kappa shape index (κ3) is 4.96. The first-order valence-corrected chi connectivity index (χ1v) is 10.3. The molecule has 140 valence electrons. The summed E-state index contributed by atoms with van der Waals surface area (Å²) in [6.45, 7) is 1.83. The van der Waals surface area contributed by atoms with Gasteiger partial charge in [-0.05, 0) is 48.4 Å². The Balaban J connectivity index is 1.56. The van der Waals surface area contributed by atoms with Crippen LogP contribution in [0.2, 0.25) is 0 Å². The number of carbonyl (C=O) groups excluding carboxylic acids is 2. The highest BCUT2D eigenvalue weighted by atomic mass is 79.9. The van der Waals surface area contributed by atoms with Crippen LogP contribution in [-0.4, -0.2) is 18.5 Å². The fraction of sp³-hybridized carbons (Fsp3) is 0.350. The number of nitrogens with one attached hydrogen (secondary N) is 1. The molecule has 5 nitrogen and oxygen atoms in total. The van der Waals surface area contributed by atoms with Crippen LogP contribution in [0.25, 0.3) is 0 Å². The van der Waals surface area contributed by atoms with E-state index in [1.807, 2.05) is 24.3 Å². The van der Waals surface area contributed by atoms with E-state index < -0.39 is 11.9 Å². The molecule has 0 saturated heterocycles. The Labute approximate surface area is 170 Å². The molecule has 0 spiro atoms. The van der Waals surface area contributed by atoms with Gasteiger partial charge < -0.3 is 10.1 Å². The lowest BCUT2D eigenvalue weighted by Crippen LogP contribution is -2.21. The number of fused-ring (bicyclic) bond motifs is 1. The van der Waals surface area contributed by atoms with Crippen molar-refractivity contribution in [1.29, 1.82) is 5.26 Å². The molecule has 0 radical (unpaired) electrons. The number of rotatable bonds is 5. The monoisotopic (exact) mass is 446 g/mol. The second-order valence-electron chi connectivity index (χ2n) is 6.68. The Morgan fingerprint density at radius 1 is 1.37 bits per heavy atom. The minimum Gasteiger partial charge on any atom is -0.455 e. The Hall–Kier alpha value is -2.17. The molecule has 3 rings (SSSR count). The summed E-state index contributed by atoms with van der Waals surface area (Å²) in [7, 11) is 0. The van der Waals surface area contributed by atoms with Gasteiger partial charge in [-0.2, -0.15) is 5.26 Å². The number of benzene rings is 1. The highest BCUT2D eigenvalue weighted by molar-refractivity contribution is 9.10. The number of halogens is 1. The fourth-order valence-corrected chi connectivity index (χ4v) is 4.73. The zero-order chi connectivity index (χ0) is 19.4. The molecule has 7 heteroatoms. The van der Waals surface area contributed by atoms with Gasteiger partial charge in [-0.3, -0.25) is 9.59 Å². The van der Waals surface area contributed by atoms with E-state index in [1.54, 1.807) is 0 Å². The van der Waals surface area contributed by atoms with Crippen LogP contribution in [0.5, 0.6) is 0 Å². The van der Waals surface area contributed by atoms with E-state index in [0.29, 0.717) is 16.5 Å². The third-order valence-corrected chi connectivity index (χ3v) is 6.20. The zero-order valence-corrected chi connectivity index (χ0v) is 17.3. The lowest BCUT2D eigenvalue weighted by Gasteiger charge is -2.17. The summed E-state index contributed by atoms with van der Waals surface area (Å²) >= 11 is 4.80. The maximum Gasteiger partial charge on any atom is 0.310 e. The third-order valence-electron chi connectivity index (χ3n) is 4.50. The maximum absolute atomic E-state index is 12.2. The fourth-order valence-electron chi connectivity index (χ4n) is 3.09. The highest BCUT2D eigenvalue weighted by Gasteiger charge is 2.24. The van der Waals surface area contributed by atoms with Crippen molar-refractivity contribution >= 4 is 44.1 Å². The number of anilines is 1. The molecule has 1 aliphatic carbocycles. The summed E-state index contributed by atoms with van der Waals surface area (Å²) in [6.07, 6.45) is 2.97. The van der Waals surface area contributed by atoms with E-state index in [1.165, 1.54) is 16.2 Å². The first-order chi connectivity index (χ1) is 13.0. The molecule has 0 saturated carbocycles. The van der Waals surface area contributed by atoms with Crippen LogP contribution in [0.3, 0.4) is 0 Å². The summed E-state index contributed by atoms with van der Waals surface area (Å²) in [6, 6.07) is 9.54. The largest absolute Gasteiger partial charge is 0.455 e.